The normalized spacial score (nSPS) is 14.5. The van der Waals surface area contributed by atoms with Gasteiger partial charge in [0.05, 0.1) is 0 Å². The van der Waals surface area contributed by atoms with Gasteiger partial charge in [0.15, 0.2) is 0 Å². The van der Waals surface area contributed by atoms with Gasteiger partial charge in [-0.25, -0.2) is 0 Å². The summed E-state index contributed by atoms with van der Waals surface area (Å²) in [6.07, 6.45) is 3.62. The molecule has 1 N–H and O–H groups in total. The van der Waals surface area contributed by atoms with E-state index in [-0.39, 0.29) is 0 Å². The van der Waals surface area contributed by atoms with Gasteiger partial charge >= 0.3 is 0 Å². The van der Waals surface area contributed by atoms with Crippen LogP contribution in [0, 0.1) is 9.49 Å². The molecule has 0 aromatic heterocycles. The van der Waals surface area contributed by atoms with Crippen LogP contribution in [0.15, 0.2) is 22.7 Å². The largest absolute Gasteiger partial charge is 0.310 e. The molecular weight excluding hydrogens is 401 g/mol. The second kappa shape index (κ2) is 8.54. The highest BCUT2D eigenvalue weighted by Gasteiger charge is 2.16. The van der Waals surface area contributed by atoms with Crippen molar-refractivity contribution in [3.8, 4) is 0 Å². The van der Waals surface area contributed by atoms with E-state index in [4.69, 9.17) is 0 Å². The quantitative estimate of drug-likeness (QED) is 0.568. The van der Waals surface area contributed by atoms with Crippen molar-refractivity contribution >= 4 is 38.5 Å². The van der Waals surface area contributed by atoms with E-state index in [1.165, 1.54) is 32.9 Å². The Bertz CT molecular complexity index is 368. The Labute approximate surface area is 133 Å². The molecule has 0 bridgehead atoms. The Kier molecular flexibility index (Phi) is 7.80. The van der Waals surface area contributed by atoms with Crippen molar-refractivity contribution in [2.75, 3.05) is 6.54 Å². The van der Waals surface area contributed by atoms with Crippen molar-refractivity contribution < 1.29 is 0 Å². The van der Waals surface area contributed by atoms with Gasteiger partial charge in [0.1, 0.15) is 0 Å². The topological polar surface area (TPSA) is 12.0 Å². The first kappa shape index (κ1) is 16.4. The zero-order chi connectivity index (χ0) is 13.5. The molecule has 0 saturated heterocycles. The zero-order valence-electron chi connectivity index (χ0n) is 11.5. The summed E-state index contributed by atoms with van der Waals surface area (Å²) in [6.45, 7) is 7.91. The van der Waals surface area contributed by atoms with Gasteiger partial charge in [-0.3, -0.25) is 0 Å². The van der Waals surface area contributed by atoms with E-state index < -0.39 is 0 Å². The van der Waals surface area contributed by atoms with Crippen LogP contribution in [0.5, 0.6) is 0 Å². The molecule has 18 heavy (non-hydrogen) atoms. The molecule has 0 saturated carbocycles. The molecule has 0 aliphatic rings. The smallest absolute Gasteiger partial charge is 0.0334 e. The Balaban J connectivity index is 2.89. The van der Waals surface area contributed by atoms with E-state index in [0.717, 1.165) is 12.5 Å². The highest BCUT2D eigenvalue weighted by Crippen LogP contribution is 2.30. The molecule has 2 unspecified atom stereocenters. The van der Waals surface area contributed by atoms with Crippen LogP contribution >= 0.6 is 38.5 Å². The molecule has 0 heterocycles. The third kappa shape index (κ3) is 5.17. The number of rotatable bonds is 7. The Morgan fingerprint density at radius 3 is 2.67 bits per heavy atom. The van der Waals surface area contributed by atoms with Gasteiger partial charge in [-0.1, -0.05) is 43.1 Å². The van der Waals surface area contributed by atoms with Crippen molar-refractivity contribution in [2.24, 2.45) is 5.92 Å². The standard InChI is InChI=1S/C15H23BrIN/c1-4-8-18-15(9-11(3)5-2)13-10-12(17)6-7-14(13)16/h6-7,10-11,15,18H,4-5,8-9H2,1-3H3. The summed E-state index contributed by atoms with van der Waals surface area (Å²) in [5.74, 6) is 0.754. The van der Waals surface area contributed by atoms with Crippen molar-refractivity contribution in [1.29, 1.82) is 0 Å². The lowest BCUT2D eigenvalue weighted by atomic mass is 9.94. The van der Waals surface area contributed by atoms with Crippen LogP contribution in [-0.2, 0) is 0 Å². The maximum Gasteiger partial charge on any atom is 0.0334 e. The van der Waals surface area contributed by atoms with Crippen LogP contribution in [0.1, 0.15) is 51.6 Å². The van der Waals surface area contributed by atoms with Crippen LogP contribution < -0.4 is 5.32 Å². The first-order valence-corrected chi connectivity index (χ1v) is 8.63. The van der Waals surface area contributed by atoms with Crippen molar-refractivity contribution in [1.82, 2.24) is 5.32 Å². The first-order chi connectivity index (χ1) is 8.58. The summed E-state index contributed by atoms with van der Waals surface area (Å²) in [6, 6.07) is 7.06. The van der Waals surface area contributed by atoms with E-state index in [0.29, 0.717) is 6.04 Å². The van der Waals surface area contributed by atoms with Crippen LogP contribution in [0.4, 0.5) is 0 Å². The van der Waals surface area contributed by atoms with Gasteiger partial charge in [0.25, 0.3) is 0 Å². The molecular formula is C15H23BrIN. The van der Waals surface area contributed by atoms with Crippen LogP contribution in [0.25, 0.3) is 0 Å². The fourth-order valence-electron chi connectivity index (χ4n) is 1.99. The maximum absolute atomic E-state index is 3.69. The van der Waals surface area contributed by atoms with E-state index in [1.807, 2.05) is 0 Å². The van der Waals surface area contributed by atoms with E-state index >= 15 is 0 Å². The fourth-order valence-corrected chi connectivity index (χ4v) is 3.03. The summed E-state index contributed by atoms with van der Waals surface area (Å²) >= 11 is 6.08. The summed E-state index contributed by atoms with van der Waals surface area (Å²) in [4.78, 5) is 0. The number of nitrogens with one attached hydrogen (secondary N) is 1. The molecule has 0 aliphatic carbocycles. The predicted molar refractivity (Wildman–Crippen MR) is 92.0 cm³/mol. The van der Waals surface area contributed by atoms with Crippen LogP contribution in [0.2, 0.25) is 0 Å². The summed E-state index contributed by atoms with van der Waals surface area (Å²) in [5.41, 5.74) is 1.40. The average Bonchev–Trinajstić information content (AvgIpc) is 2.37. The van der Waals surface area contributed by atoms with Gasteiger partial charge in [-0.15, -0.1) is 0 Å². The van der Waals surface area contributed by atoms with E-state index in [1.54, 1.807) is 0 Å². The highest BCUT2D eigenvalue weighted by molar-refractivity contribution is 14.1. The lowest BCUT2D eigenvalue weighted by molar-refractivity contribution is 0.401. The zero-order valence-corrected chi connectivity index (χ0v) is 15.2. The van der Waals surface area contributed by atoms with Gasteiger partial charge in [-0.2, -0.15) is 0 Å². The molecule has 1 aromatic carbocycles. The second-order valence-corrected chi connectivity index (χ2v) is 7.02. The van der Waals surface area contributed by atoms with E-state index in [9.17, 15) is 0 Å². The molecule has 0 aliphatic heterocycles. The number of hydrogen-bond donors (Lipinski definition) is 1. The minimum atomic E-state index is 0.462. The predicted octanol–water partition coefficient (Wildman–Crippen LogP) is 5.53. The Morgan fingerprint density at radius 2 is 2.06 bits per heavy atom. The molecule has 0 radical (unpaired) electrons. The third-order valence-electron chi connectivity index (χ3n) is 3.31. The monoisotopic (exact) mass is 423 g/mol. The SMILES string of the molecule is CCCNC(CC(C)CC)c1cc(I)ccc1Br. The van der Waals surface area contributed by atoms with Gasteiger partial charge in [0, 0.05) is 14.1 Å². The molecule has 1 rings (SSSR count). The van der Waals surface area contributed by atoms with Crippen LogP contribution in [0.3, 0.4) is 0 Å². The van der Waals surface area contributed by atoms with E-state index in [2.05, 4.69) is 82.8 Å². The third-order valence-corrected chi connectivity index (χ3v) is 4.70. The van der Waals surface area contributed by atoms with Crippen LogP contribution in [-0.4, -0.2) is 6.54 Å². The molecule has 0 amide bonds. The minimum Gasteiger partial charge on any atom is -0.310 e. The van der Waals surface area contributed by atoms with Gasteiger partial charge < -0.3 is 5.32 Å². The molecule has 1 aromatic rings. The molecule has 0 fully saturated rings. The molecule has 3 heteroatoms. The van der Waals surface area contributed by atoms with Crippen molar-refractivity contribution in [2.45, 2.75) is 46.1 Å². The maximum atomic E-state index is 3.69. The lowest BCUT2D eigenvalue weighted by Crippen LogP contribution is -2.24. The summed E-state index contributed by atoms with van der Waals surface area (Å²) in [5, 5.41) is 3.69. The van der Waals surface area contributed by atoms with Gasteiger partial charge in [-0.05, 0) is 71.7 Å². The first-order valence-electron chi connectivity index (χ1n) is 6.76. The minimum absolute atomic E-state index is 0.462. The van der Waals surface area contributed by atoms with Crippen molar-refractivity contribution in [3.63, 3.8) is 0 Å². The van der Waals surface area contributed by atoms with Gasteiger partial charge in [0.2, 0.25) is 0 Å². The lowest BCUT2D eigenvalue weighted by Gasteiger charge is -2.23. The second-order valence-electron chi connectivity index (χ2n) is 4.92. The number of hydrogen-bond acceptors (Lipinski definition) is 1. The Morgan fingerprint density at radius 1 is 1.33 bits per heavy atom. The molecule has 2 atom stereocenters. The Hall–Kier alpha value is 0.390. The number of halogens is 2. The average molecular weight is 424 g/mol. The van der Waals surface area contributed by atoms with Crippen molar-refractivity contribution in [3.05, 3.63) is 31.8 Å². The summed E-state index contributed by atoms with van der Waals surface area (Å²) < 4.78 is 2.53. The molecule has 1 nitrogen and oxygen atoms in total. The fraction of sp³-hybridized carbons (Fsp3) is 0.600. The highest BCUT2D eigenvalue weighted by atomic mass is 127. The molecule has 102 valence electrons. The summed E-state index contributed by atoms with van der Waals surface area (Å²) in [7, 11) is 0. The molecule has 0 spiro atoms. The number of benzene rings is 1.